The Morgan fingerprint density at radius 3 is 3.08 bits per heavy atom. The van der Waals surface area contributed by atoms with Crippen LogP contribution in [0.3, 0.4) is 0 Å². The normalized spacial score (nSPS) is 13.1. The number of ether oxygens (including phenoxy) is 1. The van der Waals surface area contributed by atoms with Crippen molar-refractivity contribution in [1.82, 2.24) is 0 Å². The van der Waals surface area contributed by atoms with Crippen molar-refractivity contribution >= 4 is 0 Å². The molecule has 1 aromatic heterocycles. The van der Waals surface area contributed by atoms with E-state index in [-0.39, 0.29) is 0 Å². The van der Waals surface area contributed by atoms with Gasteiger partial charge in [-0.1, -0.05) is 0 Å². The van der Waals surface area contributed by atoms with Crippen LogP contribution in [0.1, 0.15) is 31.6 Å². The van der Waals surface area contributed by atoms with Crippen LogP contribution < -0.4 is 0 Å². The fraction of sp³-hybridized carbons (Fsp3) is 0.600. The molecule has 1 atom stereocenters. The molecule has 0 aliphatic rings. The van der Waals surface area contributed by atoms with E-state index in [1.54, 1.807) is 18.4 Å². The van der Waals surface area contributed by atoms with Crippen LogP contribution in [0.15, 0.2) is 22.8 Å². The first-order chi connectivity index (χ1) is 6.34. The Bertz CT molecular complexity index is 206. The van der Waals surface area contributed by atoms with E-state index in [1.165, 1.54) is 0 Å². The monoisotopic (exact) mass is 184 g/mol. The smallest absolute Gasteiger partial charge is 0.132 e. The van der Waals surface area contributed by atoms with Gasteiger partial charge in [0.2, 0.25) is 0 Å². The molecular weight excluding hydrogens is 168 g/mol. The van der Waals surface area contributed by atoms with Crippen LogP contribution in [0.5, 0.6) is 0 Å². The molecule has 1 heterocycles. The lowest BCUT2D eigenvalue weighted by molar-refractivity contribution is 0.103. The summed E-state index contributed by atoms with van der Waals surface area (Å²) in [6.45, 7) is 3.40. The van der Waals surface area contributed by atoms with Crippen molar-refractivity contribution in [3.05, 3.63) is 24.2 Å². The van der Waals surface area contributed by atoms with Gasteiger partial charge in [-0.05, 0) is 31.9 Å². The van der Waals surface area contributed by atoms with Gasteiger partial charge in [-0.15, -0.1) is 0 Å². The maximum Gasteiger partial charge on any atom is 0.132 e. The third-order valence-electron chi connectivity index (χ3n) is 1.84. The molecule has 0 aromatic carbocycles. The molecule has 0 radical (unpaired) electrons. The molecule has 0 amide bonds. The highest BCUT2D eigenvalue weighted by molar-refractivity contribution is 5.01. The first kappa shape index (κ1) is 10.3. The molecular formula is C10H16O3. The molecule has 1 rings (SSSR count). The van der Waals surface area contributed by atoms with E-state index in [4.69, 9.17) is 9.15 Å². The minimum absolute atomic E-state index is 0.490. The zero-order valence-electron chi connectivity index (χ0n) is 7.90. The Balaban J connectivity index is 2.15. The maximum absolute atomic E-state index is 9.56. The first-order valence-electron chi connectivity index (χ1n) is 4.63. The van der Waals surface area contributed by atoms with E-state index in [1.807, 2.05) is 6.92 Å². The summed E-state index contributed by atoms with van der Waals surface area (Å²) >= 11 is 0. The van der Waals surface area contributed by atoms with Gasteiger partial charge >= 0.3 is 0 Å². The Morgan fingerprint density at radius 1 is 1.62 bits per heavy atom. The fourth-order valence-corrected chi connectivity index (χ4v) is 1.15. The summed E-state index contributed by atoms with van der Waals surface area (Å²) in [7, 11) is 0. The van der Waals surface area contributed by atoms with Crippen LogP contribution in [0.25, 0.3) is 0 Å². The zero-order chi connectivity index (χ0) is 9.52. The van der Waals surface area contributed by atoms with E-state index in [0.29, 0.717) is 18.8 Å². The minimum atomic E-state index is -0.490. The SMILES string of the molecule is CCOCCCC(O)c1ccco1. The largest absolute Gasteiger partial charge is 0.467 e. The second-order valence-electron chi connectivity index (χ2n) is 2.87. The van der Waals surface area contributed by atoms with Crippen molar-refractivity contribution < 1.29 is 14.3 Å². The van der Waals surface area contributed by atoms with Crippen LogP contribution in [-0.2, 0) is 4.74 Å². The summed E-state index contributed by atoms with van der Waals surface area (Å²) in [5, 5.41) is 9.56. The fourth-order valence-electron chi connectivity index (χ4n) is 1.15. The Labute approximate surface area is 78.3 Å². The summed E-state index contributed by atoms with van der Waals surface area (Å²) < 4.78 is 10.2. The van der Waals surface area contributed by atoms with Gasteiger partial charge in [0, 0.05) is 13.2 Å². The average Bonchev–Trinajstić information content (AvgIpc) is 2.65. The highest BCUT2D eigenvalue weighted by Gasteiger charge is 2.08. The van der Waals surface area contributed by atoms with Gasteiger partial charge in [0.05, 0.1) is 6.26 Å². The summed E-state index contributed by atoms with van der Waals surface area (Å²) in [6, 6.07) is 3.56. The number of furan rings is 1. The molecule has 13 heavy (non-hydrogen) atoms. The lowest BCUT2D eigenvalue weighted by atomic mass is 10.1. The summed E-state index contributed by atoms with van der Waals surface area (Å²) in [5.41, 5.74) is 0. The topological polar surface area (TPSA) is 42.6 Å². The Morgan fingerprint density at radius 2 is 2.46 bits per heavy atom. The Hall–Kier alpha value is -0.800. The van der Waals surface area contributed by atoms with Gasteiger partial charge in [-0.25, -0.2) is 0 Å². The molecule has 0 saturated heterocycles. The predicted octanol–water partition coefficient (Wildman–Crippen LogP) is 2.13. The zero-order valence-corrected chi connectivity index (χ0v) is 7.90. The van der Waals surface area contributed by atoms with Gasteiger partial charge in [0.15, 0.2) is 0 Å². The molecule has 0 fully saturated rings. The average molecular weight is 184 g/mol. The van der Waals surface area contributed by atoms with Crippen molar-refractivity contribution in [2.45, 2.75) is 25.9 Å². The summed E-state index contributed by atoms with van der Waals surface area (Å²) in [4.78, 5) is 0. The van der Waals surface area contributed by atoms with Crippen LogP contribution >= 0.6 is 0 Å². The van der Waals surface area contributed by atoms with Crippen molar-refractivity contribution in [2.75, 3.05) is 13.2 Å². The van der Waals surface area contributed by atoms with Crippen LogP contribution in [0.4, 0.5) is 0 Å². The molecule has 3 heteroatoms. The van der Waals surface area contributed by atoms with E-state index >= 15 is 0 Å². The second-order valence-corrected chi connectivity index (χ2v) is 2.87. The summed E-state index contributed by atoms with van der Waals surface area (Å²) in [6.07, 6.45) is 2.63. The molecule has 0 saturated carbocycles. The van der Waals surface area contributed by atoms with Gasteiger partial charge < -0.3 is 14.3 Å². The van der Waals surface area contributed by atoms with E-state index in [0.717, 1.165) is 13.0 Å². The number of rotatable bonds is 6. The number of aliphatic hydroxyl groups is 1. The number of hydrogen-bond acceptors (Lipinski definition) is 3. The first-order valence-corrected chi connectivity index (χ1v) is 4.63. The highest BCUT2D eigenvalue weighted by Crippen LogP contribution is 2.17. The lowest BCUT2D eigenvalue weighted by Gasteiger charge is -2.06. The van der Waals surface area contributed by atoms with Crippen molar-refractivity contribution in [2.24, 2.45) is 0 Å². The highest BCUT2D eigenvalue weighted by atomic mass is 16.5. The number of aliphatic hydroxyl groups excluding tert-OH is 1. The third-order valence-corrected chi connectivity index (χ3v) is 1.84. The molecule has 74 valence electrons. The van der Waals surface area contributed by atoms with Crippen molar-refractivity contribution in [3.8, 4) is 0 Å². The lowest BCUT2D eigenvalue weighted by Crippen LogP contribution is -1.99. The van der Waals surface area contributed by atoms with Gasteiger partial charge in [0.1, 0.15) is 11.9 Å². The minimum Gasteiger partial charge on any atom is -0.467 e. The number of hydrogen-bond donors (Lipinski definition) is 1. The van der Waals surface area contributed by atoms with Crippen LogP contribution in [0, 0.1) is 0 Å². The van der Waals surface area contributed by atoms with Crippen molar-refractivity contribution in [3.63, 3.8) is 0 Å². The molecule has 0 aliphatic carbocycles. The predicted molar refractivity (Wildman–Crippen MR) is 49.4 cm³/mol. The molecule has 1 aromatic rings. The standard InChI is InChI=1S/C10H16O3/c1-2-12-7-3-5-9(11)10-6-4-8-13-10/h4,6,8-9,11H,2-3,5,7H2,1H3. The Kier molecular flexibility index (Phi) is 4.57. The van der Waals surface area contributed by atoms with Gasteiger partial charge in [-0.2, -0.15) is 0 Å². The third kappa shape index (κ3) is 3.61. The molecule has 1 unspecified atom stereocenters. The van der Waals surface area contributed by atoms with Gasteiger partial charge in [0.25, 0.3) is 0 Å². The van der Waals surface area contributed by atoms with E-state index < -0.39 is 6.10 Å². The van der Waals surface area contributed by atoms with Crippen molar-refractivity contribution in [1.29, 1.82) is 0 Å². The maximum atomic E-state index is 9.56. The van der Waals surface area contributed by atoms with Gasteiger partial charge in [-0.3, -0.25) is 0 Å². The quantitative estimate of drug-likeness (QED) is 0.689. The molecule has 3 nitrogen and oxygen atoms in total. The summed E-state index contributed by atoms with van der Waals surface area (Å²) in [5.74, 6) is 0.636. The molecule has 0 bridgehead atoms. The molecule has 1 N–H and O–H groups in total. The van der Waals surface area contributed by atoms with Crippen LogP contribution in [0.2, 0.25) is 0 Å². The van der Waals surface area contributed by atoms with E-state index in [2.05, 4.69) is 0 Å². The molecule has 0 aliphatic heterocycles. The van der Waals surface area contributed by atoms with Crippen LogP contribution in [-0.4, -0.2) is 18.3 Å². The second kappa shape index (κ2) is 5.78. The van der Waals surface area contributed by atoms with E-state index in [9.17, 15) is 5.11 Å². The molecule has 0 spiro atoms.